The molecular weight excluding hydrogens is 560 g/mol. The molecule has 44 heavy (non-hydrogen) atoms. The molecule has 0 heterocycles. The van der Waals surface area contributed by atoms with E-state index in [2.05, 4.69) is 10.6 Å². The van der Waals surface area contributed by atoms with E-state index >= 15 is 0 Å². The summed E-state index contributed by atoms with van der Waals surface area (Å²) in [6.45, 7) is 7.31. The van der Waals surface area contributed by atoms with Crippen molar-refractivity contribution in [3.8, 4) is 23.0 Å². The summed E-state index contributed by atoms with van der Waals surface area (Å²) in [5.41, 5.74) is 13.0. The summed E-state index contributed by atoms with van der Waals surface area (Å²) in [6, 6.07) is 16.8. The summed E-state index contributed by atoms with van der Waals surface area (Å²) in [6.07, 6.45) is 2.41. The first-order valence-electron chi connectivity index (χ1n) is 14.5. The number of nitrogens with one attached hydrogen (secondary N) is 4. The van der Waals surface area contributed by atoms with Gasteiger partial charge >= 0.3 is 6.09 Å². The molecule has 2 amide bonds. The molecule has 3 aromatic carbocycles. The third-order valence-electron chi connectivity index (χ3n) is 7.05. The van der Waals surface area contributed by atoms with Crippen LogP contribution in [0.2, 0.25) is 0 Å². The van der Waals surface area contributed by atoms with Crippen molar-refractivity contribution in [2.45, 2.75) is 71.1 Å². The highest BCUT2D eigenvalue weighted by molar-refractivity contribution is 5.97. The van der Waals surface area contributed by atoms with E-state index in [1.807, 2.05) is 27.7 Å². The zero-order chi connectivity index (χ0) is 32.0. The van der Waals surface area contributed by atoms with Gasteiger partial charge in [-0.25, -0.2) is 4.79 Å². The van der Waals surface area contributed by atoms with Crippen LogP contribution in [-0.4, -0.2) is 41.4 Å². The van der Waals surface area contributed by atoms with Crippen molar-refractivity contribution in [1.82, 2.24) is 10.6 Å². The number of nitrogen functional groups attached to an aromatic ring is 2. The van der Waals surface area contributed by atoms with Gasteiger partial charge in [-0.15, -0.1) is 0 Å². The van der Waals surface area contributed by atoms with Crippen molar-refractivity contribution in [3.05, 3.63) is 82.9 Å². The first-order valence-corrected chi connectivity index (χ1v) is 14.5. The van der Waals surface area contributed by atoms with E-state index in [1.54, 1.807) is 60.7 Å². The van der Waals surface area contributed by atoms with Gasteiger partial charge in [-0.3, -0.25) is 15.6 Å². The highest BCUT2D eigenvalue weighted by Gasteiger charge is 2.26. The van der Waals surface area contributed by atoms with Crippen LogP contribution in [-0.2, 0) is 4.74 Å². The molecule has 1 saturated carbocycles. The van der Waals surface area contributed by atoms with E-state index in [-0.39, 0.29) is 29.7 Å². The molecule has 0 aromatic heterocycles. The molecule has 11 heteroatoms. The van der Waals surface area contributed by atoms with Gasteiger partial charge in [-0.2, -0.15) is 0 Å². The van der Waals surface area contributed by atoms with Gasteiger partial charge in [0.05, 0.1) is 0 Å². The van der Waals surface area contributed by atoms with Crippen LogP contribution in [0.1, 0.15) is 73.5 Å². The van der Waals surface area contributed by atoms with E-state index in [4.69, 9.17) is 36.5 Å². The summed E-state index contributed by atoms with van der Waals surface area (Å²) in [5.74, 6) is 1.41. The van der Waals surface area contributed by atoms with Gasteiger partial charge in [0.25, 0.3) is 5.91 Å². The lowest BCUT2D eigenvalue weighted by Crippen LogP contribution is -2.45. The maximum Gasteiger partial charge on any atom is 0.407 e. The van der Waals surface area contributed by atoms with Crippen molar-refractivity contribution < 1.29 is 23.8 Å². The van der Waals surface area contributed by atoms with Gasteiger partial charge in [-0.1, -0.05) is 0 Å². The molecule has 3 aromatic rings. The minimum atomic E-state index is -0.565. The third-order valence-corrected chi connectivity index (χ3v) is 7.05. The Kier molecular flexibility index (Phi) is 9.77. The van der Waals surface area contributed by atoms with E-state index in [0.717, 1.165) is 5.56 Å². The molecule has 8 N–H and O–H groups in total. The minimum Gasteiger partial charge on any atom is -0.457 e. The smallest absolute Gasteiger partial charge is 0.407 e. The van der Waals surface area contributed by atoms with Gasteiger partial charge in [0, 0.05) is 34.8 Å². The lowest BCUT2D eigenvalue weighted by molar-refractivity contribution is 0.0488. The average Bonchev–Trinajstić information content (AvgIpc) is 2.93. The normalized spacial score (nSPS) is 16.4. The monoisotopic (exact) mass is 600 g/mol. The highest BCUT2D eigenvalue weighted by atomic mass is 16.6. The van der Waals surface area contributed by atoms with E-state index in [0.29, 0.717) is 65.4 Å². The predicted octanol–water partition coefficient (Wildman–Crippen LogP) is 5.71. The highest BCUT2D eigenvalue weighted by Crippen LogP contribution is 2.32. The van der Waals surface area contributed by atoms with Crippen molar-refractivity contribution >= 4 is 23.7 Å². The van der Waals surface area contributed by atoms with E-state index in [9.17, 15) is 9.59 Å². The summed E-state index contributed by atoms with van der Waals surface area (Å²) < 4.78 is 17.5. The van der Waals surface area contributed by atoms with Crippen LogP contribution < -0.4 is 31.6 Å². The molecule has 0 bridgehead atoms. The number of amides is 2. The molecule has 1 aliphatic rings. The lowest BCUT2D eigenvalue weighted by Gasteiger charge is -2.30. The Labute approximate surface area is 257 Å². The maximum atomic E-state index is 13.4. The quantitative estimate of drug-likeness (QED) is 0.134. The fourth-order valence-corrected chi connectivity index (χ4v) is 4.92. The molecule has 11 nitrogen and oxygen atoms in total. The Morgan fingerprint density at radius 3 is 1.80 bits per heavy atom. The number of carbonyl (C=O) groups excluding carboxylic acids is 2. The topological polar surface area (TPSA) is 186 Å². The lowest BCUT2D eigenvalue weighted by atomic mass is 9.91. The second-order valence-corrected chi connectivity index (χ2v) is 11.9. The van der Waals surface area contributed by atoms with Crippen LogP contribution in [0.25, 0.3) is 0 Å². The Morgan fingerprint density at radius 2 is 1.27 bits per heavy atom. The second-order valence-electron chi connectivity index (χ2n) is 11.9. The summed E-state index contributed by atoms with van der Waals surface area (Å²) in [7, 11) is 0. The van der Waals surface area contributed by atoms with Gasteiger partial charge in [0.15, 0.2) is 0 Å². The minimum absolute atomic E-state index is 0.0121. The Bertz CT molecular complexity index is 1540. The molecule has 0 saturated heterocycles. The van der Waals surface area contributed by atoms with Crippen LogP contribution in [0.5, 0.6) is 23.0 Å². The summed E-state index contributed by atoms with van der Waals surface area (Å²) in [5, 5.41) is 21.4. The van der Waals surface area contributed by atoms with E-state index < -0.39 is 11.7 Å². The molecule has 232 valence electrons. The molecule has 0 atom stereocenters. The first-order chi connectivity index (χ1) is 20.8. The van der Waals surface area contributed by atoms with Crippen LogP contribution in [0.3, 0.4) is 0 Å². The van der Waals surface area contributed by atoms with Gasteiger partial charge in [0.2, 0.25) is 0 Å². The van der Waals surface area contributed by atoms with Gasteiger partial charge < -0.3 is 36.3 Å². The molecular formula is C33H40N6O5. The predicted molar refractivity (Wildman–Crippen MR) is 169 cm³/mol. The largest absolute Gasteiger partial charge is 0.457 e. The van der Waals surface area contributed by atoms with Crippen LogP contribution >= 0.6 is 0 Å². The fraction of sp³-hybridized carbons (Fsp3) is 0.333. The zero-order valence-corrected chi connectivity index (χ0v) is 25.5. The number of amidine groups is 2. The molecule has 0 radical (unpaired) electrons. The average molecular weight is 601 g/mol. The van der Waals surface area contributed by atoms with Crippen molar-refractivity contribution in [2.75, 3.05) is 0 Å². The van der Waals surface area contributed by atoms with Crippen molar-refractivity contribution in [1.29, 1.82) is 10.8 Å². The number of ether oxygens (including phenoxy) is 3. The summed E-state index contributed by atoms with van der Waals surface area (Å²) in [4.78, 5) is 25.6. The molecule has 0 unspecified atom stereocenters. The van der Waals surface area contributed by atoms with Crippen LogP contribution in [0.4, 0.5) is 4.79 Å². The van der Waals surface area contributed by atoms with Gasteiger partial charge in [0.1, 0.15) is 40.3 Å². The Balaban J connectivity index is 1.49. The Morgan fingerprint density at radius 1 is 0.727 bits per heavy atom. The number of hydrogen-bond acceptors (Lipinski definition) is 7. The van der Waals surface area contributed by atoms with Crippen LogP contribution in [0, 0.1) is 17.7 Å². The number of aryl methyl sites for hydroxylation is 1. The molecule has 1 aliphatic carbocycles. The number of nitrogens with two attached hydrogens (primary N) is 2. The maximum absolute atomic E-state index is 13.4. The molecule has 0 spiro atoms. The van der Waals surface area contributed by atoms with Gasteiger partial charge in [-0.05, 0) is 114 Å². The molecule has 1 fully saturated rings. The number of rotatable bonds is 9. The zero-order valence-electron chi connectivity index (χ0n) is 25.5. The SMILES string of the molecule is Cc1cc(Oc2cc(Oc3ccc(C(=N)N)cc3)cc(C(=O)NC3CCC(NC(=O)OC(C)(C)C)CC3)c2)ccc1C(=N)N. The number of hydrogen-bond donors (Lipinski definition) is 6. The molecule has 4 rings (SSSR count). The first kappa shape index (κ1) is 31.9. The number of carbonyl (C=O) groups is 2. The fourth-order valence-electron chi connectivity index (χ4n) is 4.92. The number of benzene rings is 3. The van der Waals surface area contributed by atoms with Crippen molar-refractivity contribution in [2.24, 2.45) is 11.5 Å². The molecule has 0 aliphatic heterocycles. The Hall–Kier alpha value is -5.06. The standard InChI is InChI=1S/C33H40N6O5/c1-19-15-25(13-14-28(19)30(36)37)43-27-17-21(16-26(18-27)42-24-11-5-20(6-12-24)29(34)35)31(40)38-22-7-9-23(10-8-22)39-32(41)44-33(2,3)4/h5-6,11-18,22-23H,7-10H2,1-4H3,(H3,34,35)(H3,36,37)(H,38,40)(H,39,41). The van der Waals surface area contributed by atoms with Crippen LogP contribution in [0.15, 0.2) is 60.7 Å². The third kappa shape index (κ3) is 8.97. The van der Waals surface area contributed by atoms with E-state index in [1.165, 1.54) is 0 Å². The second kappa shape index (κ2) is 13.5. The summed E-state index contributed by atoms with van der Waals surface area (Å²) >= 11 is 0. The number of alkyl carbamates (subject to hydrolysis) is 1. The van der Waals surface area contributed by atoms with Crippen molar-refractivity contribution in [3.63, 3.8) is 0 Å².